The van der Waals surface area contributed by atoms with E-state index >= 15 is 0 Å². The lowest BCUT2D eigenvalue weighted by Crippen LogP contribution is -2.45. The Kier molecular flexibility index (Phi) is 6.44. The monoisotopic (exact) mass is 464 g/mol. The fraction of sp³-hybridized carbons (Fsp3) is 0.250. The Morgan fingerprint density at radius 3 is 2.43 bits per heavy atom. The summed E-state index contributed by atoms with van der Waals surface area (Å²) in [6.07, 6.45) is 1.05. The Morgan fingerprint density at radius 1 is 1.13 bits per heavy atom. The van der Waals surface area contributed by atoms with E-state index in [1.54, 1.807) is 19.1 Å². The third-order valence-electron chi connectivity index (χ3n) is 4.45. The topological polar surface area (TPSA) is 92.3 Å². The number of aromatic nitrogens is 2. The summed E-state index contributed by atoms with van der Waals surface area (Å²) in [5.74, 6) is -0.522. The number of halogens is 1. The molecule has 1 heterocycles. The van der Waals surface area contributed by atoms with Crippen molar-refractivity contribution in [2.45, 2.75) is 26.8 Å². The van der Waals surface area contributed by atoms with Crippen LogP contribution in [0.5, 0.6) is 0 Å². The molecule has 3 rings (SSSR count). The van der Waals surface area contributed by atoms with Crippen LogP contribution in [0.3, 0.4) is 0 Å². The molecule has 0 spiro atoms. The standard InChI is InChI=1S/C20H21ClN4O3S2/c1-12-5-8-15(9-6-12)19-23-24-20(29-19)22-18(26)14(3)25(30(4,27)28)17-11-16(21)10-7-13(17)2/h5-11,14H,1-4H3,(H,22,24,26). The van der Waals surface area contributed by atoms with Gasteiger partial charge in [0.2, 0.25) is 21.1 Å². The number of anilines is 2. The largest absolute Gasteiger partial charge is 0.299 e. The quantitative estimate of drug-likeness (QED) is 0.588. The highest BCUT2D eigenvalue weighted by Gasteiger charge is 2.31. The number of carbonyl (C=O) groups is 1. The summed E-state index contributed by atoms with van der Waals surface area (Å²) in [5, 5.41) is 12.1. The number of hydrogen-bond acceptors (Lipinski definition) is 6. The zero-order chi connectivity index (χ0) is 22.1. The van der Waals surface area contributed by atoms with Crippen LogP contribution in [0.4, 0.5) is 10.8 Å². The van der Waals surface area contributed by atoms with Gasteiger partial charge in [-0.2, -0.15) is 0 Å². The highest BCUT2D eigenvalue weighted by Crippen LogP contribution is 2.30. The highest BCUT2D eigenvalue weighted by molar-refractivity contribution is 7.92. The molecule has 0 saturated heterocycles. The van der Waals surface area contributed by atoms with Crippen molar-refractivity contribution in [3.63, 3.8) is 0 Å². The SMILES string of the molecule is Cc1ccc(-c2nnc(NC(=O)C(C)N(c3cc(Cl)ccc3C)S(C)(=O)=O)s2)cc1. The van der Waals surface area contributed by atoms with E-state index in [2.05, 4.69) is 15.5 Å². The Hall–Kier alpha value is -2.49. The molecule has 0 aliphatic heterocycles. The number of nitrogens with zero attached hydrogens (tertiary/aromatic N) is 3. The molecule has 0 fully saturated rings. The number of sulfonamides is 1. The van der Waals surface area contributed by atoms with Gasteiger partial charge < -0.3 is 0 Å². The van der Waals surface area contributed by atoms with E-state index in [-0.39, 0.29) is 0 Å². The van der Waals surface area contributed by atoms with Gasteiger partial charge in [0.25, 0.3) is 0 Å². The molecule has 1 atom stereocenters. The summed E-state index contributed by atoms with van der Waals surface area (Å²) in [6.45, 7) is 5.26. The van der Waals surface area contributed by atoms with Crippen LogP contribution in [-0.4, -0.2) is 36.8 Å². The molecule has 3 aromatic rings. The first kappa shape index (κ1) is 22.2. The Labute approximate surface area is 184 Å². The summed E-state index contributed by atoms with van der Waals surface area (Å²) in [6, 6.07) is 11.7. The maximum atomic E-state index is 12.8. The second kappa shape index (κ2) is 8.71. The second-order valence-corrected chi connectivity index (χ2v) is 10.2. The smallest absolute Gasteiger partial charge is 0.249 e. The Morgan fingerprint density at radius 2 is 1.80 bits per heavy atom. The third kappa shape index (κ3) is 4.97. The molecule has 1 N–H and O–H groups in total. The number of aryl methyl sites for hydroxylation is 2. The molecule has 0 saturated carbocycles. The molecule has 0 radical (unpaired) electrons. The van der Waals surface area contributed by atoms with Gasteiger partial charge in [0.15, 0.2) is 0 Å². The van der Waals surface area contributed by atoms with Crippen LogP contribution in [-0.2, 0) is 14.8 Å². The zero-order valence-electron chi connectivity index (χ0n) is 16.9. The number of benzene rings is 2. The van der Waals surface area contributed by atoms with E-state index in [9.17, 15) is 13.2 Å². The van der Waals surface area contributed by atoms with Gasteiger partial charge in [0.05, 0.1) is 11.9 Å². The van der Waals surface area contributed by atoms with Crippen LogP contribution < -0.4 is 9.62 Å². The minimum Gasteiger partial charge on any atom is -0.299 e. The first-order valence-corrected chi connectivity index (χ1v) is 12.1. The average Bonchev–Trinajstić information content (AvgIpc) is 3.12. The first-order chi connectivity index (χ1) is 14.1. The molecule has 0 aliphatic carbocycles. The number of nitrogens with one attached hydrogen (secondary N) is 1. The molecule has 1 amide bonds. The predicted molar refractivity (Wildman–Crippen MR) is 122 cm³/mol. The molecule has 158 valence electrons. The molecule has 0 bridgehead atoms. The van der Waals surface area contributed by atoms with E-state index in [4.69, 9.17) is 11.6 Å². The average molecular weight is 465 g/mol. The van der Waals surface area contributed by atoms with E-state index in [0.717, 1.165) is 21.7 Å². The van der Waals surface area contributed by atoms with Crippen LogP contribution in [0.1, 0.15) is 18.1 Å². The van der Waals surface area contributed by atoms with Gasteiger partial charge in [-0.25, -0.2) is 8.42 Å². The molecular formula is C20H21ClN4O3S2. The fourth-order valence-corrected chi connectivity index (χ4v) is 5.04. The summed E-state index contributed by atoms with van der Waals surface area (Å²) in [5.41, 5.74) is 3.05. The minimum absolute atomic E-state index is 0.290. The minimum atomic E-state index is -3.75. The van der Waals surface area contributed by atoms with E-state index in [1.807, 2.05) is 31.2 Å². The molecule has 30 heavy (non-hydrogen) atoms. The number of rotatable bonds is 6. The zero-order valence-corrected chi connectivity index (χ0v) is 19.3. The van der Waals surface area contributed by atoms with Crippen molar-refractivity contribution in [3.05, 3.63) is 58.6 Å². The maximum absolute atomic E-state index is 12.8. The molecule has 0 aliphatic rings. The third-order valence-corrected chi connectivity index (χ3v) is 6.80. The summed E-state index contributed by atoms with van der Waals surface area (Å²) < 4.78 is 26.0. The van der Waals surface area contributed by atoms with Gasteiger partial charge in [0.1, 0.15) is 11.0 Å². The Bertz CT molecular complexity index is 1180. The molecular weight excluding hydrogens is 444 g/mol. The number of carbonyl (C=O) groups excluding carboxylic acids is 1. The van der Waals surface area contributed by atoms with Gasteiger partial charge in [-0.05, 0) is 38.5 Å². The van der Waals surface area contributed by atoms with Crippen molar-refractivity contribution in [2.75, 3.05) is 15.9 Å². The molecule has 7 nitrogen and oxygen atoms in total. The fourth-order valence-electron chi connectivity index (χ4n) is 2.90. The lowest BCUT2D eigenvalue weighted by Gasteiger charge is -2.29. The molecule has 1 aromatic heterocycles. The molecule has 10 heteroatoms. The van der Waals surface area contributed by atoms with Crippen molar-refractivity contribution in [3.8, 4) is 10.6 Å². The lowest BCUT2D eigenvalue weighted by molar-refractivity contribution is -0.116. The predicted octanol–water partition coefficient (Wildman–Crippen LogP) is 4.27. The van der Waals surface area contributed by atoms with Crippen molar-refractivity contribution in [2.24, 2.45) is 0 Å². The van der Waals surface area contributed by atoms with Crippen LogP contribution in [0.15, 0.2) is 42.5 Å². The Balaban J connectivity index is 1.84. The van der Waals surface area contributed by atoms with E-state index < -0.39 is 22.0 Å². The normalized spacial score (nSPS) is 12.4. The van der Waals surface area contributed by atoms with Crippen LogP contribution in [0.25, 0.3) is 10.6 Å². The van der Waals surface area contributed by atoms with Crippen molar-refractivity contribution in [1.82, 2.24) is 10.2 Å². The summed E-state index contributed by atoms with van der Waals surface area (Å²) in [7, 11) is -3.75. The van der Waals surface area contributed by atoms with Gasteiger partial charge >= 0.3 is 0 Å². The van der Waals surface area contributed by atoms with Crippen molar-refractivity contribution < 1.29 is 13.2 Å². The van der Waals surface area contributed by atoms with Crippen molar-refractivity contribution >= 4 is 49.7 Å². The number of hydrogen-bond donors (Lipinski definition) is 1. The summed E-state index contributed by atoms with van der Waals surface area (Å²) >= 11 is 7.27. The molecule has 2 aromatic carbocycles. The van der Waals surface area contributed by atoms with Gasteiger partial charge in [-0.1, -0.05) is 58.8 Å². The van der Waals surface area contributed by atoms with Gasteiger partial charge in [-0.3, -0.25) is 14.4 Å². The molecule has 1 unspecified atom stereocenters. The first-order valence-electron chi connectivity index (χ1n) is 9.03. The summed E-state index contributed by atoms with van der Waals surface area (Å²) in [4.78, 5) is 12.8. The van der Waals surface area contributed by atoms with E-state index in [1.165, 1.54) is 24.3 Å². The maximum Gasteiger partial charge on any atom is 0.249 e. The van der Waals surface area contributed by atoms with Gasteiger partial charge in [-0.15, -0.1) is 10.2 Å². The second-order valence-electron chi connectivity index (χ2n) is 6.93. The van der Waals surface area contributed by atoms with Crippen LogP contribution in [0.2, 0.25) is 5.02 Å². The van der Waals surface area contributed by atoms with Gasteiger partial charge in [0, 0.05) is 10.6 Å². The van der Waals surface area contributed by atoms with Crippen LogP contribution in [0, 0.1) is 13.8 Å². The van der Waals surface area contributed by atoms with E-state index in [0.29, 0.717) is 26.4 Å². The highest BCUT2D eigenvalue weighted by atomic mass is 35.5. The lowest BCUT2D eigenvalue weighted by atomic mass is 10.2. The number of amides is 1. The van der Waals surface area contributed by atoms with Crippen molar-refractivity contribution in [1.29, 1.82) is 0 Å². The van der Waals surface area contributed by atoms with Crippen LogP contribution >= 0.6 is 22.9 Å².